The zero-order valence-electron chi connectivity index (χ0n) is 13.1. The molecule has 1 fully saturated rings. The van der Waals surface area contributed by atoms with Gasteiger partial charge in [0.05, 0.1) is 10.0 Å². The first-order valence-electron chi connectivity index (χ1n) is 7.93. The van der Waals surface area contributed by atoms with Crippen molar-refractivity contribution in [3.8, 4) is 0 Å². The third-order valence-electron chi connectivity index (χ3n) is 5.84. The number of rotatable bonds is 0. The second-order valence-corrected chi connectivity index (χ2v) is 8.46. The average molecular weight is 368 g/mol. The Bertz CT molecular complexity index is 871. The molecule has 2 aromatic carbocycles. The Morgan fingerprint density at radius 2 is 1.91 bits per heavy atom. The van der Waals surface area contributed by atoms with Gasteiger partial charge in [0.2, 0.25) is 0 Å². The lowest BCUT2D eigenvalue weighted by Gasteiger charge is -2.38. The summed E-state index contributed by atoms with van der Waals surface area (Å²) in [4.78, 5) is 12.1. The van der Waals surface area contributed by atoms with Gasteiger partial charge in [0, 0.05) is 23.3 Å². The van der Waals surface area contributed by atoms with Crippen molar-refractivity contribution in [1.29, 1.82) is 0 Å². The van der Waals surface area contributed by atoms with E-state index < -0.39 is 0 Å². The Morgan fingerprint density at radius 1 is 1.17 bits per heavy atom. The summed E-state index contributed by atoms with van der Waals surface area (Å²) in [5, 5.41) is 3.91. The van der Waals surface area contributed by atoms with Gasteiger partial charge in [-0.1, -0.05) is 41.7 Å². The van der Waals surface area contributed by atoms with E-state index in [0.717, 1.165) is 29.2 Å². The Balaban J connectivity index is 2.05. The highest BCUT2D eigenvalue weighted by atomic mass is 35.5. The van der Waals surface area contributed by atoms with Crippen LogP contribution in [-0.2, 0) is 11.2 Å². The summed E-state index contributed by atoms with van der Waals surface area (Å²) in [7, 11) is 0. The predicted octanol–water partition coefficient (Wildman–Crippen LogP) is 6.51. The van der Waals surface area contributed by atoms with E-state index in [2.05, 4.69) is 6.92 Å². The zero-order chi connectivity index (χ0) is 16.5. The van der Waals surface area contributed by atoms with E-state index in [1.165, 1.54) is 11.1 Å². The fraction of sp³-hybridized carbons (Fsp3) is 0.421. The number of fused-ring (bicyclic) bond motifs is 5. The Kier molecular flexibility index (Phi) is 3.50. The summed E-state index contributed by atoms with van der Waals surface area (Å²) < 4.78 is 0. The molecule has 0 aromatic heterocycles. The van der Waals surface area contributed by atoms with Gasteiger partial charge in [-0.25, -0.2) is 0 Å². The minimum absolute atomic E-state index is 0.0688. The summed E-state index contributed by atoms with van der Waals surface area (Å²) in [6, 6.07) is 4.03. The zero-order valence-corrected chi connectivity index (χ0v) is 15.4. The second-order valence-electron chi connectivity index (χ2n) is 7.27. The smallest absolute Gasteiger partial charge is 0.134 e. The van der Waals surface area contributed by atoms with Gasteiger partial charge in [-0.3, -0.25) is 4.79 Å². The fourth-order valence-electron chi connectivity index (χ4n) is 4.51. The van der Waals surface area contributed by atoms with Crippen molar-refractivity contribution in [3.63, 3.8) is 0 Å². The first-order chi connectivity index (χ1) is 10.8. The second kappa shape index (κ2) is 5.12. The maximum atomic E-state index is 12.1. The number of Topliss-reactive ketones (excluding diaryl/α,β-unsaturated/α-hetero) is 1. The third-order valence-corrected chi connectivity index (χ3v) is 7.00. The van der Waals surface area contributed by atoms with Gasteiger partial charge in [0.1, 0.15) is 5.78 Å². The molecule has 0 N–H and O–H groups in total. The molecule has 4 heteroatoms. The Labute approximate surface area is 150 Å². The molecule has 0 amide bonds. The number of carbonyl (C=O) groups is 1. The van der Waals surface area contributed by atoms with Gasteiger partial charge in [0.15, 0.2) is 0 Å². The molecule has 0 aliphatic heterocycles. The van der Waals surface area contributed by atoms with Gasteiger partial charge in [-0.15, -0.1) is 0 Å². The molecular formula is C19H17Cl3O. The number of ketones is 1. The predicted molar refractivity (Wildman–Crippen MR) is 97.1 cm³/mol. The minimum Gasteiger partial charge on any atom is -0.300 e. The number of halogens is 3. The third kappa shape index (κ3) is 2.17. The number of aryl methyl sites for hydroxylation is 1. The molecule has 2 aliphatic carbocycles. The first-order valence-corrected chi connectivity index (χ1v) is 9.06. The molecule has 1 nitrogen and oxygen atoms in total. The number of hydrogen-bond donors (Lipinski definition) is 0. The summed E-state index contributed by atoms with van der Waals surface area (Å²) in [6.45, 7) is 4.14. The Morgan fingerprint density at radius 3 is 2.65 bits per heavy atom. The van der Waals surface area contributed by atoms with E-state index in [-0.39, 0.29) is 11.3 Å². The van der Waals surface area contributed by atoms with Crippen molar-refractivity contribution in [3.05, 3.63) is 43.9 Å². The topological polar surface area (TPSA) is 17.1 Å². The molecule has 0 spiro atoms. The van der Waals surface area contributed by atoms with Crippen LogP contribution in [0.15, 0.2) is 12.1 Å². The van der Waals surface area contributed by atoms with Crippen LogP contribution in [0.5, 0.6) is 0 Å². The van der Waals surface area contributed by atoms with E-state index in [1.807, 2.05) is 19.1 Å². The van der Waals surface area contributed by atoms with Crippen molar-refractivity contribution in [2.45, 2.75) is 45.4 Å². The van der Waals surface area contributed by atoms with Crippen LogP contribution in [0.3, 0.4) is 0 Å². The molecule has 2 aliphatic rings. The largest absolute Gasteiger partial charge is 0.300 e. The molecule has 4 rings (SSSR count). The fourth-order valence-corrected chi connectivity index (χ4v) is 5.43. The summed E-state index contributed by atoms with van der Waals surface area (Å²) >= 11 is 19.5. The van der Waals surface area contributed by atoms with E-state index in [0.29, 0.717) is 33.7 Å². The van der Waals surface area contributed by atoms with Crippen molar-refractivity contribution in [1.82, 2.24) is 0 Å². The lowest BCUT2D eigenvalue weighted by atomic mass is 9.66. The number of benzene rings is 2. The maximum absolute atomic E-state index is 12.1. The normalized spacial score (nSPS) is 26.5. The molecular weight excluding hydrogens is 351 g/mol. The van der Waals surface area contributed by atoms with Gasteiger partial charge < -0.3 is 0 Å². The lowest BCUT2D eigenvalue weighted by molar-refractivity contribution is -0.118. The quantitative estimate of drug-likeness (QED) is 0.519. The Hall–Kier alpha value is -0.760. The molecule has 0 unspecified atom stereocenters. The lowest BCUT2D eigenvalue weighted by Crippen LogP contribution is -2.26. The highest BCUT2D eigenvalue weighted by molar-refractivity contribution is 6.44. The van der Waals surface area contributed by atoms with Crippen LogP contribution >= 0.6 is 34.8 Å². The molecule has 2 atom stereocenters. The molecule has 0 bridgehead atoms. The molecule has 0 radical (unpaired) electrons. The standard InChI is InChI=1S/C19H17Cl3O/c1-9-15(20)7-13-11-3-4-19(2)8-10(23)5-14(19)12(11)6-16(21)17(13)18(9)22/h6-7,14H,3-5,8H2,1-2H3/t14-,19+/m1/s1. The van der Waals surface area contributed by atoms with Crippen LogP contribution in [0.1, 0.15) is 48.8 Å². The molecule has 0 saturated heterocycles. The van der Waals surface area contributed by atoms with Crippen LogP contribution in [0, 0.1) is 12.3 Å². The summed E-state index contributed by atoms with van der Waals surface area (Å²) in [5.41, 5.74) is 3.42. The molecule has 0 heterocycles. The summed E-state index contributed by atoms with van der Waals surface area (Å²) in [6.07, 6.45) is 3.27. The van der Waals surface area contributed by atoms with Crippen LogP contribution in [0.2, 0.25) is 15.1 Å². The van der Waals surface area contributed by atoms with E-state index in [1.54, 1.807) is 0 Å². The molecule has 23 heavy (non-hydrogen) atoms. The molecule has 1 saturated carbocycles. The van der Waals surface area contributed by atoms with Crippen LogP contribution in [0.25, 0.3) is 10.8 Å². The highest BCUT2D eigenvalue weighted by Crippen LogP contribution is 2.56. The summed E-state index contributed by atoms with van der Waals surface area (Å²) in [5.74, 6) is 0.626. The van der Waals surface area contributed by atoms with Crippen molar-refractivity contribution in [2.24, 2.45) is 5.41 Å². The van der Waals surface area contributed by atoms with E-state index in [4.69, 9.17) is 34.8 Å². The van der Waals surface area contributed by atoms with Crippen molar-refractivity contribution in [2.75, 3.05) is 0 Å². The average Bonchev–Trinajstić information content (AvgIpc) is 2.79. The maximum Gasteiger partial charge on any atom is 0.134 e. The van der Waals surface area contributed by atoms with E-state index >= 15 is 0 Å². The van der Waals surface area contributed by atoms with Gasteiger partial charge in [-0.2, -0.15) is 0 Å². The van der Waals surface area contributed by atoms with Crippen LogP contribution < -0.4 is 0 Å². The van der Waals surface area contributed by atoms with Crippen molar-refractivity contribution < 1.29 is 4.79 Å². The highest BCUT2D eigenvalue weighted by Gasteiger charge is 2.47. The number of hydrogen-bond acceptors (Lipinski definition) is 1. The van der Waals surface area contributed by atoms with E-state index in [9.17, 15) is 4.79 Å². The van der Waals surface area contributed by atoms with Crippen molar-refractivity contribution >= 4 is 51.4 Å². The van der Waals surface area contributed by atoms with Crippen LogP contribution in [0.4, 0.5) is 0 Å². The monoisotopic (exact) mass is 366 g/mol. The van der Waals surface area contributed by atoms with Crippen LogP contribution in [-0.4, -0.2) is 5.78 Å². The first kappa shape index (κ1) is 15.7. The van der Waals surface area contributed by atoms with Gasteiger partial charge in [-0.05, 0) is 65.3 Å². The molecule has 2 aromatic rings. The molecule has 120 valence electrons. The SMILES string of the molecule is Cc1c(Cl)cc2c3c(cc(Cl)c2c1Cl)[C@H]1CC(=O)C[C@]1(C)CC3. The number of carbonyl (C=O) groups excluding carboxylic acids is 1. The van der Waals surface area contributed by atoms with Gasteiger partial charge in [0.25, 0.3) is 0 Å². The minimum atomic E-state index is 0.0688. The van der Waals surface area contributed by atoms with Gasteiger partial charge >= 0.3 is 0 Å².